The van der Waals surface area contributed by atoms with Gasteiger partial charge in [-0.05, 0) is 22.8 Å². The van der Waals surface area contributed by atoms with Crippen LogP contribution in [0, 0.1) is 0 Å². The number of alkyl halides is 2. The number of ether oxygens (including phenoxy) is 1. The summed E-state index contributed by atoms with van der Waals surface area (Å²) in [6.45, 7) is 0.0380. The van der Waals surface area contributed by atoms with E-state index in [1.165, 1.54) is 0 Å². The SMILES string of the molecule is O=C(NC1c2cccc(Br)c2CC1(F)F)OCc1ccccc1. The van der Waals surface area contributed by atoms with E-state index in [2.05, 4.69) is 21.2 Å². The Balaban J connectivity index is 1.70. The van der Waals surface area contributed by atoms with Crippen LogP contribution in [0.5, 0.6) is 0 Å². The van der Waals surface area contributed by atoms with Crippen LogP contribution in [-0.2, 0) is 17.8 Å². The van der Waals surface area contributed by atoms with E-state index in [0.717, 1.165) is 5.56 Å². The molecule has 2 aromatic rings. The lowest BCUT2D eigenvalue weighted by atomic mass is 10.1. The Morgan fingerprint density at radius 1 is 1.22 bits per heavy atom. The molecule has 2 aromatic carbocycles. The Morgan fingerprint density at radius 2 is 1.96 bits per heavy atom. The van der Waals surface area contributed by atoms with Crippen LogP contribution in [0.1, 0.15) is 22.7 Å². The lowest BCUT2D eigenvalue weighted by molar-refractivity contribution is -0.0258. The highest BCUT2D eigenvalue weighted by Crippen LogP contribution is 2.45. The van der Waals surface area contributed by atoms with Crippen molar-refractivity contribution in [1.82, 2.24) is 5.32 Å². The third-order valence-electron chi connectivity index (χ3n) is 3.78. The van der Waals surface area contributed by atoms with Gasteiger partial charge >= 0.3 is 6.09 Å². The molecule has 0 radical (unpaired) electrons. The van der Waals surface area contributed by atoms with Crippen molar-refractivity contribution in [2.75, 3.05) is 0 Å². The van der Waals surface area contributed by atoms with Gasteiger partial charge in [0.05, 0.1) is 0 Å². The fourth-order valence-electron chi connectivity index (χ4n) is 2.66. The summed E-state index contributed by atoms with van der Waals surface area (Å²) < 4.78 is 34.1. The average Bonchev–Trinajstić information content (AvgIpc) is 2.79. The molecule has 0 fully saturated rings. The maximum Gasteiger partial charge on any atom is 0.408 e. The summed E-state index contributed by atoms with van der Waals surface area (Å²) in [4.78, 5) is 11.9. The summed E-state index contributed by atoms with van der Waals surface area (Å²) in [5.74, 6) is -3.04. The number of amides is 1. The molecular weight excluding hydrogens is 368 g/mol. The van der Waals surface area contributed by atoms with E-state index in [9.17, 15) is 13.6 Å². The number of fused-ring (bicyclic) bond motifs is 1. The van der Waals surface area contributed by atoms with Crippen LogP contribution >= 0.6 is 15.9 Å². The number of benzene rings is 2. The van der Waals surface area contributed by atoms with E-state index in [4.69, 9.17) is 4.74 Å². The van der Waals surface area contributed by atoms with Crippen molar-refractivity contribution >= 4 is 22.0 Å². The molecule has 0 bridgehead atoms. The van der Waals surface area contributed by atoms with Crippen molar-refractivity contribution in [3.8, 4) is 0 Å². The van der Waals surface area contributed by atoms with E-state index in [1.54, 1.807) is 30.3 Å². The summed E-state index contributed by atoms with van der Waals surface area (Å²) in [5.41, 5.74) is 1.73. The number of alkyl carbamates (subject to hydrolysis) is 1. The second kappa shape index (κ2) is 6.28. The van der Waals surface area contributed by atoms with Crippen LogP contribution in [0.4, 0.5) is 13.6 Å². The number of rotatable bonds is 3. The van der Waals surface area contributed by atoms with E-state index in [1.807, 2.05) is 18.2 Å². The fraction of sp³-hybridized carbons (Fsp3) is 0.235. The molecule has 0 aliphatic heterocycles. The second-order valence-electron chi connectivity index (χ2n) is 5.38. The highest BCUT2D eigenvalue weighted by molar-refractivity contribution is 9.10. The number of hydrogen-bond acceptors (Lipinski definition) is 2. The second-order valence-corrected chi connectivity index (χ2v) is 6.24. The Kier molecular flexibility index (Phi) is 4.35. The first-order valence-corrected chi connectivity index (χ1v) is 7.89. The van der Waals surface area contributed by atoms with E-state index in [0.29, 0.717) is 15.6 Å². The van der Waals surface area contributed by atoms with Crippen LogP contribution in [0.15, 0.2) is 53.0 Å². The van der Waals surface area contributed by atoms with Gasteiger partial charge < -0.3 is 10.1 Å². The molecule has 1 aliphatic carbocycles. The summed E-state index contributed by atoms with van der Waals surface area (Å²) in [6.07, 6.45) is -1.26. The molecule has 0 heterocycles. The molecular formula is C17H14BrF2NO2. The van der Waals surface area contributed by atoms with Gasteiger partial charge in [-0.3, -0.25) is 0 Å². The largest absolute Gasteiger partial charge is 0.445 e. The van der Waals surface area contributed by atoms with E-state index in [-0.39, 0.29) is 6.61 Å². The number of halogens is 3. The van der Waals surface area contributed by atoms with Crippen molar-refractivity contribution in [2.45, 2.75) is 25.0 Å². The number of carbonyl (C=O) groups is 1. The molecule has 1 unspecified atom stereocenters. The predicted molar refractivity (Wildman–Crippen MR) is 85.3 cm³/mol. The molecule has 3 rings (SSSR count). The molecule has 0 saturated heterocycles. The first-order chi connectivity index (χ1) is 11.0. The number of hydrogen-bond donors (Lipinski definition) is 1. The van der Waals surface area contributed by atoms with Crippen molar-refractivity contribution in [2.24, 2.45) is 0 Å². The van der Waals surface area contributed by atoms with E-state index >= 15 is 0 Å². The van der Waals surface area contributed by atoms with Crippen molar-refractivity contribution in [1.29, 1.82) is 0 Å². The predicted octanol–water partition coefficient (Wildman–Crippen LogP) is 4.61. The van der Waals surface area contributed by atoms with Crippen LogP contribution in [0.2, 0.25) is 0 Å². The van der Waals surface area contributed by atoms with Crippen LogP contribution in [0.3, 0.4) is 0 Å². The average molecular weight is 382 g/mol. The summed E-state index contributed by atoms with van der Waals surface area (Å²) in [5, 5.41) is 2.29. The lowest BCUT2D eigenvalue weighted by Gasteiger charge is -2.21. The summed E-state index contributed by atoms with van der Waals surface area (Å²) >= 11 is 3.28. The highest BCUT2D eigenvalue weighted by Gasteiger charge is 2.49. The van der Waals surface area contributed by atoms with Gasteiger partial charge in [0.1, 0.15) is 12.6 Å². The minimum atomic E-state index is -3.04. The van der Waals surface area contributed by atoms with Gasteiger partial charge in [-0.25, -0.2) is 13.6 Å². The molecule has 6 heteroatoms. The van der Waals surface area contributed by atoms with Gasteiger partial charge in [0.25, 0.3) is 5.92 Å². The topological polar surface area (TPSA) is 38.3 Å². The minimum absolute atomic E-state index is 0.0380. The molecule has 1 aliphatic rings. The molecule has 0 aromatic heterocycles. The zero-order chi connectivity index (χ0) is 16.4. The highest BCUT2D eigenvalue weighted by atomic mass is 79.9. The Labute approximate surface area is 140 Å². The van der Waals surface area contributed by atoms with E-state index < -0.39 is 24.5 Å². The fourth-order valence-corrected chi connectivity index (χ4v) is 3.19. The monoisotopic (exact) mass is 381 g/mol. The quantitative estimate of drug-likeness (QED) is 0.842. The smallest absolute Gasteiger partial charge is 0.408 e. The van der Waals surface area contributed by atoms with Crippen molar-refractivity contribution in [3.05, 3.63) is 69.7 Å². The third kappa shape index (κ3) is 3.37. The molecule has 23 heavy (non-hydrogen) atoms. The number of nitrogens with one attached hydrogen (secondary N) is 1. The maximum atomic E-state index is 14.2. The normalized spacial score (nSPS) is 18.3. The molecule has 120 valence electrons. The van der Waals surface area contributed by atoms with Gasteiger partial charge in [0.15, 0.2) is 0 Å². The van der Waals surface area contributed by atoms with Gasteiger partial charge in [-0.1, -0.05) is 58.4 Å². The Bertz CT molecular complexity index is 722. The standard InChI is InChI=1S/C17H14BrF2NO2/c18-14-8-4-7-12-13(14)9-17(19,20)15(12)21-16(22)23-10-11-5-2-1-3-6-11/h1-8,15H,9-10H2,(H,21,22). The number of carbonyl (C=O) groups excluding carboxylic acids is 1. The van der Waals surface area contributed by atoms with Gasteiger partial charge in [0.2, 0.25) is 0 Å². The molecule has 0 saturated carbocycles. The first kappa shape index (κ1) is 15.9. The molecule has 1 atom stereocenters. The molecule has 1 amide bonds. The third-order valence-corrected chi connectivity index (χ3v) is 4.52. The van der Waals surface area contributed by atoms with Crippen molar-refractivity contribution in [3.63, 3.8) is 0 Å². The summed E-state index contributed by atoms with van der Waals surface area (Å²) in [6, 6.07) is 12.7. The van der Waals surface area contributed by atoms with Crippen LogP contribution in [0.25, 0.3) is 0 Å². The lowest BCUT2D eigenvalue weighted by Crippen LogP contribution is -2.38. The van der Waals surface area contributed by atoms with Crippen molar-refractivity contribution < 1.29 is 18.3 Å². The molecule has 0 spiro atoms. The minimum Gasteiger partial charge on any atom is -0.445 e. The zero-order valence-corrected chi connectivity index (χ0v) is 13.6. The first-order valence-electron chi connectivity index (χ1n) is 7.10. The van der Waals surface area contributed by atoms with Gasteiger partial charge in [0, 0.05) is 10.9 Å². The maximum absolute atomic E-state index is 14.2. The van der Waals surface area contributed by atoms with Gasteiger partial charge in [-0.2, -0.15) is 0 Å². The Hall–Kier alpha value is -1.95. The van der Waals surface area contributed by atoms with Crippen LogP contribution < -0.4 is 5.32 Å². The molecule has 1 N–H and O–H groups in total. The molecule has 3 nitrogen and oxygen atoms in total. The Morgan fingerprint density at radius 3 is 2.70 bits per heavy atom. The van der Waals surface area contributed by atoms with Gasteiger partial charge in [-0.15, -0.1) is 0 Å². The zero-order valence-electron chi connectivity index (χ0n) is 12.1. The summed E-state index contributed by atoms with van der Waals surface area (Å²) in [7, 11) is 0. The van der Waals surface area contributed by atoms with Crippen LogP contribution in [-0.4, -0.2) is 12.0 Å².